The highest BCUT2D eigenvalue weighted by molar-refractivity contribution is 7.12. The van der Waals surface area contributed by atoms with E-state index in [0.29, 0.717) is 12.5 Å². The number of thiazole rings is 1. The van der Waals surface area contributed by atoms with Gasteiger partial charge in [-0.1, -0.05) is 38.1 Å². The van der Waals surface area contributed by atoms with Gasteiger partial charge in [0.1, 0.15) is 5.01 Å². The zero-order valence-corrected chi connectivity index (χ0v) is 13.5. The molecule has 0 aliphatic heterocycles. The predicted octanol–water partition coefficient (Wildman–Crippen LogP) is 3.45. The summed E-state index contributed by atoms with van der Waals surface area (Å²) in [6.45, 7) is 5.89. The molecule has 1 heterocycles. The summed E-state index contributed by atoms with van der Waals surface area (Å²) < 4.78 is 0. The van der Waals surface area contributed by atoms with Crippen LogP contribution in [0.5, 0.6) is 0 Å². The smallest absolute Gasteiger partial charge is 0.107 e. The molecule has 0 saturated carbocycles. The second-order valence-corrected chi connectivity index (χ2v) is 6.73. The van der Waals surface area contributed by atoms with Gasteiger partial charge in [0.05, 0.1) is 5.69 Å². The first kappa shape index (κ1) is 15.2. The number of nitrogens with two attached hydrogens (primary N) is 1. The molecule has 1 aromatic heterocycles. The summed E-state index contributed by atoms with van der Waals surface area (Å²) in [7, 11) is 4.16. The number of rotatable bonds is 5. The van der Waals surface area contributed by atoms with Crippen LogP contribution in [0.2, 0.25) is 0 Å². The lowest BCUT2D eigenvalue weighted by Gasteiger charge is -2.10. The van der Waals surface area contributed by atoms with Crippen LogP contribution in [-0.2, 0) is 13.1 Å². The van der Waals surface area contributed by atoms with Gasteiger partial charge in [-0.2, -0.15) is 0 Å². The molecular weight excluding hydrogens is 266 g/mol. The molecule has 0 saturated heterocycles. The average molecular weight is 289 g/mol. The maximum atomic E-state index is 5.73. The Morgan fingerprint density at radius 1 is 1.20 bits per heavy atom. The maximum absolute atomic E-state index is 5.73. The highest BCUT2D eigenvalue weighted by atomic mass is 32.1. The van der Waals surface area contributed by atoms with Gasteiger partial charge in [0, 0.05) is 23.5 Å². The van der Waals surface area contributed by atoms with Crippen LogP contribution < -0.4 is 5.73 Å². The second kappa shape index (κ2) is 6.48. The number of hydrogen-bond acceptors (Lipinski definition) is 4. The van der Waals surface area contributed by atoms with Crippen molar-refractivity contribution >= 4 is 11.3 Å². The Morgan fingerprint density at radius 3 is 2.35 bits per heavy atom. The molecule has 20 heavy (non-hydrogen) atoms. The standard InChI is InChI=1S/C16H23N3S/c1-11(2)16-15(18-14(9-17)20-16)13-7-5-12(6-8-13)10-19(3)4/h5-8,11H,9-10,17H2,1-4H3. The molecule has 4 heteroatoms. The first-order valence-corrected chi connectivity index (χ1v) is 7.76. The fraction of sp³-hybridized carbons (Fsp3) is 0.438. The highest BCUT2D eigenvalue weighted by Crippen LogP contribution is 2.33. The van der Waals surface area contributed by atoms with Gasteiger partial charge in [-0.15, -0.1) is 11.3 Å². The molecule has 0 bridgehead atoms. The zero-order chi connectivity index (χ0) is 14.7. The third-order valence-corrected chi connectivity index (χ3v) is 4.50. The van der Waals surface area contributed by atoms with E-state index in [4.69, 9.17) is 10.7 Å². The Hall–Kier alpha value is -1.23. The van der Waals surface area contributed by atoms with Crippen LogP contribution in [0.1, 0.15) is 35.2 Å². The van der Waals surface area contributed by atoms with E-state index >= 15 is 0 Å². The van der Waals surface area contributed by atoms with Crippen molar-refractivity contribution in [1.29, 1.82) is 0 Å². The Labute approximate surface area is 125 Å². The molecule has 0 atom stereocenters. The van der Waals surface area contributed by atoms with Gasteiger partial charge in [0.25, 0.3) is 0 Å². The largest absolute Gasteiger partial charge is 0.325 e. The van der Waals surface area contributed by atoms with Gasteiger partial charge in [-0.3, -0.25) is 0 Å². The van der Waals surface area contributed by atoms with Crippen molar-refractivity contribution < 1.29 is 0 Å². The van der Waals surface area contributed by atoms with E-state index in [1.165, 1.54) is 16.0 Å². The van der Waals surface area contributed by atoms with Crippen LogP contribution in [0, 0.1) is 0 Å². The molecule has 0 radical (unpaired) electrons. The van der Waals surface area contributed by atoms with Crippen molar-refractivity contribution in [3.05, 3.63) is 39.7 Å². The Kier molecular flexibility index (Phi) is 4.91. The van der Waals surface area contributed by atoms with Crippen molar-refractivity contribution in [3.8, 4) is 11.3 Å². The minimum atomic E-state index is 0.476. The van der Waals surface area contributed by atoms with Gasteiger partial charge in [0.2, 0.25) is 0 Å². The molecule has 0 spiro atoms. The summed E-state index contributed by atoms with van der Waals surface area (Å²) in [5.74, 6) is 0.476. The SMILES string of the molecule is CC(C)c1sc(CN)nc1-c1ccc(CN(C)C)cc1. The molecule has 0 fully saturated rings. The van der Waals surface area contributed by atoms with Crippen molar-refractivity contribution in [2.75, 3.05) is 14.1 Å². The van der Waals surface area contributed by atoms with E-state index in [1.807, 2.05) is 0 Å². The Morgan fingerprint density at radius 2 is 1.85 bits per heavy atom. The van der Waals surface area contributed by atoms with Crippen molar-refractivity contribution in [1.82, 2.24) is 9.88 Å². The van der Waals surface area contributed by atoms with Gasteiger partial charge in [-0.05, 0) is 25.6 Å². The average Bonchev–Trinajstić information content (AvgIpc) is 2.83. The molecule has 1 aromatic carbocycles. The Bertz CT molecular complexity index is 556. The predicted molar refractivity (Wildman–Crippen MR) is 86.9 cm³/mol. The topological polar surface area (TPSA) is 42.1 Å². The molecule has 108 valence electrons. The lowest BCUT2D eigenvalue weighted by atomic mass is 10.0. The normalized spacial score (nSPS) is 11.6. The van der Waals surface area contributed by atoms with E-state index in [2.05, 4.69) is 57.1 Å². The summed E-state index contributed by atoms with van der Waals surface area (Å²) >= 11 is 1.73. The molecule has 3 nitrogen and oxygen atoms in total. The van der Waals surface area contributed by atoms with E-state index in [9.17, 15) is 0 Å². The number of nitrogens with zero attached hydrogens (tertiary/aromatic N) is 2. The van der Waals surface area contributed by atoms with Crippen LogP contribution in [0.25, 0.3) is 11.3 Å². The summed E-state index contributed by atoms with van der Waals surface area (Å²) in [6.07, 6.45) is 0. The van der Waals surface area contributed by atoms with Crippen LogP contribution in [-0.4, -0.2) is 24.0 Å². The van der Waals surface area contributed by atoms with E-state index in [-0.39, 0.29) is 0 Å². The first-order valence-electron chi connectivity index (χ1n) is 6.95. The van der Waals surface area contributed by atoms with Crippen LogP contribution in [0.3, 0.4) is 0 Å². The monoisotopic (exact) mass is 289 g/mol. The first-order chi connectivity index (χ1) is 9.51. The van der Waals surface area contributed by atoms with E-state index < -0.39 is 0 Å². The Balaban J connectivity index is 2.33. The summed E-state index contributed by atoms with van der Waals surface area (Å²) in [4.78, 5) is 8.19. The van der Waals surface area contributed by atoms with Crippen molar-refractivity contribution in [2.24, 2.45) is 5.73 Å². The van der Waals surface area contributed by atoms with Crippen LogP contribution >= 0.6 is 11.3 Å². The number of aromatic nitrogens is 1. The molecule has 0 unspecified atom stereocenters. The van der Waals surface area contributed by atoms with Crippen molar-refractivity contribution in [3.63, 3.8) is 0 Å². The summed E-state index contributed by atoms with van der Waals surface area (Å²) in [6, 6.07) is 8.70. The van der Waals surface area contributed by atoms with Gasteiger partial charge in [0.15, 0.2) is 0 Å². The second-order valence-electron chi connectivity index (χ2n) is 5.61. The number of hydrogen-bond donors (Lipinski definition) is 1. The lowest BCUT2D eigenvalue weighted by molar-refractivity contribution is 0.402. The molecule has 2 N–H and O–H groups in total. The minimum absolute atomic E-state index is 0.476. The summed E-state index contributed by atoms with van der Waals surface area (Å²) in [5.41, 5.74) is 9.34. The summed E-state index contributed by atoms with van der Waals surface area (Å²) in [5, 5.41) is 1.01. The molecule has 0 aliphatic carbocycles. The fourth-order valence-electron chi connectivity index (χ4n) is 2.20. The number of benzene rings is 1. The third-order valence-electron chi connectivity index (χ3n) is 3.12. The van der Waals surface area contributed by atoms with Crippen LogP contribution in [0.4, 0.5) is 0 Å². The zero-order valence-electron chi connectivity index (χ0n) is 12.7. The fourth-order valence-corrected chi connectivity index (χ4v) is 3.17. The van der Waals surface area contributed by atoms with E-state index in [0.717, 1.165) is 17.2 Å². The molecule has 0 aliphatic rings. The lowest BCUT2D eigenvalue weighted by Crippen LogP contribution is -2.10. The molecule has 2 aromatic rings. The molecule has 0 amide bonds. The highest BCUT2D eigenvalue weighted by Gasteiger charge is 2.15. The molecule has 2 rings (SSSR count). The molecular formula is C16H23N3S. The van der Waals surface area contributed by atoms with Crippen molar-refractivity contribution in [2.45, 2.75) is 32.9 Å². The van der Waals surface area contributed by atoms with Gasteiger partial charge >= 0.3 is 0 Å². The minimum Gasteiger partial charge on any atom is -0.325 e. The quantitative estimate of drug-likeness (QED) is 0.916. The third kappa shape index (κ3) is 3.45. The van der Waals surface area contributed by atoms with Gasteiger partial charge < -0.3 is 10.6 Å². The maximum Gasteiger partial charge on any atom is 0.107 e. The van der Waals surface area contributed by atoms with Crippen LogP contribution in [0.15, 0.2) is 24.3 Å². The van der Waals surface area contributed by atoms with Gasteiger partial charge in [-0.25, -0.2) is 4.98 Å². The van der Waals surface area contributed by atoms with E-state index in [1.54, 1.807) is 11.3 Å².